The van der Waals surface area contributed by atoms with Gasteiger partial charge in [-0.05, 0) is 46.8 Å². The molecule has 4 nitrogen and oxygen atoms in total. The van der Waals surface area contributed by atoms with E-state index in [2.05, 4.69) is 27.6 Å². The second kappa shape index (κ2) is 6.62. The van der Waals surface area contributed by atoms with E-state index in [9.17, 15) is 12.8 Å². The predicted octanol–water partition coefficient (Wildman–Crippen LogP) is 3.42. The molecule has 1 saturated carbocycles. The molecule has 21 heavy (non-hydrogen) atoms. The first-order valence-electron chi connectivity index (χ1n) is 7.10. The zero-order chi connectivity index (χ0) is 15.6. The molecule has 2 unspecified atom stereocenters. The van der Waals surface area contributed by atoms with Crippen molar-refractivity contribution in [1.82, 2.24) is 4.72 Å². The van der Waals surface area contributed by atoms with Gasteiger partial charge in [-0.1, -0.05) is 26.2 Å². The zero-order valence-corrected chi connectivity index (χ0v) is 14.3. The molecule has 1 aliphatic carbocycles. The van der Waals surface area contributed by atoms with Gasteiger partial charge in [0.1, 0.15) is 10.7 Å². The minimum atomic E-state index is -3.89. The Morgan fingerprint density at radius 1 is 1.43 bits per heavy atom. The maximum atomic E-state index is 13.9. The third-order valence-electron chi connectivity index (χ3n) is 4.02. The quantitative estimate of drug-likeness (QED) is 0.788. The fraction of sp³-hybridized carbons (Fsp3) is 0.571. The van der Waals surface area contributed by atoms with Gasteiger partial charge in [-0.15, -0.1) is 0 Å². The summed E-state index contributed by atoms with van der Waals surface area (Å²) >= 11 is 3.08. The van der Waals surface area contributed by atoms with Crippen molar-refractivity contribution in [2.75, 3.05) is 5.73 Å². The van der Waals surface area contributed by atoms with Gasteiger partial charge in [0, 0.05) is 16.2 Å². The Kier molecular flexibility index (Phi) is 5.27. The summed E-state index contributed by atoms with van der Waals surface area (Å²) in [6.07, 6.45) is 4.77. The molecule has 3 N–H and O–H groups in total. The van der Waals surface area contributed by atoms with Crippen LogP contribution in [0, 0.1) is 11.7 Å². The molecule has 0 spiro atoms. The highest BCUT2D eigenvalue weighted by Crippen LogP contribution is 2.29. The first kappa shape index (κ1) is 16.7. The number of nitrogens with two attached hydrogens (primary N) is 1. The average Bonchev–Trinajstić information content (AvgIpc) is 2.42. The fourth-order valence-electron chi connectivity index (χ4n) is 2.80. The van der Waals surface area contributed by atoms with Crippen molar-refractivity contribution in [3.8, 4) is 0 Å². The molecular formula is C14H20BrFN2O2S. The molecule has 0 aromatic heterocycles. The van der Waals surface area contributed by atoms with Crippen LogP contribution in [0.3, 0.4) is 0 Å². The number of benzene rings is 1. The van der Waals surface area contributed by atoms with Crippen molar-refractivity contribution in [1.29, 1.82) is 0 Å². The maximum Gasteiger partial charge on any atom is 0.243 e. The highest BCUT2D eigenvalue weighted by Gasteiger charge is 2.27. The van der Waals surface area contributed by atoms with E-state index < -0.39 is 15.8 Å². The summed E-state index contributed by atoms with van der Waals surface area (Å²) in [6, 6.07) is 2.11. The Labute approximate surface area is 133 Å². The van der Waals surface area contributed by atoms with E-state index in [1.807, 2.05) is 0 Å². The summed E-state index contributed by atoms with van der Waals surface area (Å²) in [5.41, 5.74) is 5.86. The predicted molar refractivity (Wildman–Crippen MR) is 84.9 cm³/mol. The van der Waals surface area contributed by atoms with Crippen LogP contribution in [0.15, 0.2) is 21.5 Å². The van der Waals surface area contributed by atoms with Crippen LogP contribution in [0.2, 0.25) is 0 Å². The van der Waals surface area contributed by atoms with Crippen molar-refractivity contribution in [3.05, 3.63) is 22.4 Å². The molecule has 0 radical (unpaired) electrons. The summed E-state index contributed by atoms with van der Waals surface area (Å²) in [7, 11) is -3.89. The Hall–Kier alpha value is -0.660. The molecule has 0 aliphatic heterocycles. The smallest absolute Gasteiger partial charge is 0.243 e. The summed E-state index contributed by atoms with van der Waals surface area (Å²) in [5, 5.41) is 0. The van der Waals surface area contributed by atoms with Gasteiger partial charge in [0.2, 0.25) is 10.0 Å². The molecule has 2 atom stereocenters. The number of rotatable bonds is 4. The number of hydrogen-bond acceptors (Lipinski definition) is 3. The summed E-state index contributed by atoms with van der Waals surface area (Å²) in [6.45, 7) is 2.11. The summed E-state index contributed by atoms with van der Waals surface area (Å²) in [5.74, 6) is -0.266. The molecular weight excluding hydrogens is 359 g/mol. The van der Waals surface area contributed by atoms with Crippen molar-refractivity contribution >= 4 is 31.6 Å². The van der Waals surface area contributed by atoms with E-state index in [1.165, 1.54) is 0 Å². The highest BCUT2D eigenvalue weighted by atomic mass is 79.9. The number of anilines is 1. The number of nitrogen functional groups attached to an aromatic ring is 1. The second-order valence-electron chi connectivity index (χ2n) is 5.56. The van der Waals surface area contributed by atoms with Gasteiger partial charge in [0.15, 0.2) is 0 Å². The van der Waals surface area contributed by atoms with Crippen LogP contribution in [0.4, 0.5) is 10.1 Å². The van der Waals surface area contributed by atoms with Gasteiger partial charge >= 0.3 is 0 Å². The molecule has 2 rings (SSSR count). The summed E-state index contributed by atoms with van der Waals surface area (Å²) in [4.78, 5) is -0.387. The van der Waals surface area contributed by atoms with Gasteiger partial charge in [-0.3, -0.25) is 0 Å². The van der Waals surface area contributed by atoms with Gasteiger partial charge in [0.25, 0.3) is 0 Å². The molecule has 1 aliphatic rings. The highest BCUT2D eigenvalue weighted by molar-refractivity contribution is 9.10. The van der Waals surface area contributed by atoms with Crippen molar-refractivity contribution in [3.63, 3.8) is 0 Å². The van der Waals surface area contributed by atoms with E-state index in [0.29, 0.717) is 10.4 Å². The Balaban J connectivity index is 2.20. The number of sulfonamides is 1. The first-order chi connectivity index (χ1) is 9.83. The van der Waals surface area contributed by atoms with E-state index in [0.717, 1.165) is 44.2 Å². The van der Waals surface area contributed by atoms with Crippen LogP contribution in [-0.4, -0.2) is 14.5 Å². The number of halogens is 2. The lowest BCUT2D eigenvalue weighted by molar-refractivity contribution is 0.301. The van der Waals surface area contributed by atoms with Gasteiger partial charge in [0.05, 0.1) is 0 Å². The average molecular weight is 379 g/mol. The normalized spacial score (nSPS) is 23.2. The van der Waals surface area contributed by atoms with Crippen molar-refractivity contribution in [2.24, 2.45) is 5.92 Å². The topological polar surface area (TPSA) is 72.2 Å². The molecule has 0 amide bonds. The van der Waals surface area contributed by atoms with Crippen LogP contribution < -0.4 is 10.5 Å². The Morgan fingerprint density at radius 3 is 2.81 bits per heavy atom. The van der Waals surface area contributed by atoms with Crippen LogP contribution in [0.25, 0.3) is 0 Å². The Bertz CT molecular complexity index is 622. The largest absolute Gasteiger partial charge is 0.398 e. The van der Waals surface area contributed by atoms with Crippen molar-refractivity contribution < 1.29 is 12.8 Å². The maximum absolute atomic E-state index is 13.9. The molecule has 7 heteroatoms. The van der Waals surface area contributed by atoms with Gasteiger partial charge < -0.3 is 5.73 Å². The minimum absolute atomic E-state index is 0.127. The monoisotopic (exact) mass is 378 g/mol. The van der Waals surface area contributed by atoms with E-state index in [4.69, 9.17) is 5.73 Å². The fourth-order valence-corrected chi connectivity index (χ4v) is 4.50. The summed E-state index contributed by atoms with van der Waals surface area (Å²) < 4.78 is 41.6. The molecule has 118 valence electrons. The number of hydrogen-bond donors (Lipinski definition) is 2. The lowest BCUT2D eigenvalue weighted by atomic mass is 9.85. The Morgan fingerprint density at radius 2 is 2.14 bits per heavy atom. The standard InChI is InChI=1S/C14H20BrFN2O2S/c1-2-9-4-3-5-10(6-9)18-21(19,20)14-8-13(17)11(15)7-12(14)16/h7-10,18H,2-6,17H2,1H3. The second-order valence-corrected chi connectivity index (χ2v) is 8.10. The van der Waals surface area contributed by atoms with E-state index in [1.54, 1.807) is 0 Å². The van der Waals surface area contributed by atoms with Crippen LogP contribution >= 0.6 is 15.9 Å². The van der Waals surface area contributed by atoms with Gasteiger partial charge in [-0.2, -0.15) is 0 Å². The zero-order valence-electron chi connectivity index (χ0n) is 11.9. The third kappa shape index (κ3) is 3.96. The molecule has 1 aromatic carbocycles. The lowest BCUT2D eigenvalue weighted by Crippen LogP contribution is -2.38. The van der Waals surface area contributed by atoms with Crippen molar-refractivity contribution in [2.45, 2.75) is 50.0 Å². The van der Waals surface area contributed by atoms with Gasteiger partial charge in [-0.25, -0.2) is 17.5 Å². The molecule has 0 bridgehead atoms. The SMILES string of the molecule is CCC1CCCC(NS(=O)(=O)c2cc(N)c(Br)cc2F)C1. The molecule has 1 fully saturated rings. The lowest BCUT2D eigenvalue weighted by Gasteiger charge is -2.28. The van der Waals surface area contributed by atoms with Crippen LogP contribution in [0.1, 0.15) is 39.0 Å². The van der Waals surface area contributed by atoms with Crippen LogP contribution in [-0.2, 0) is 10.0 Å². The van der Waals surface area contributed by atoms with E-state index in [-0.39, 0.29) is 16.6 Å². The molecule has 1 aromatic rings. The third-order valence-corrected chi connectivity index (χ3v) is 6.24. The van der Waals surface area contributed by atoms with Crippen LogP contribution in [0.5, 0.6) is 0 Å². The van der Waals surface area contributed by atoms with E-state index >= 15 is 0 Å². The molecule has 0 heterocycles. The minimum Gasteiger partial charge on any atom is -0.398 e. The first-order valence-corrected chi connectivity index (χ1v) is 9.38. The molecule has 0 saturated heterocycles. The number of nitrogens with one attached hydrogen (secondary N) is 1.